The fraction of sp³-hybridized carbons (Fsp3) is 0.421. The Bertz CT molecular complexity index is 957. The Morgan fingerprint density at radius 3 is 2.66 bits per heavy atom. The lowest BCUT2D eigenvalue weighted by molar-refractivity contribution is -0.145. The first-order valence-corrected chi connectivity index (χ1v) is 10.1. The number of rotatable bonds is 8. The predicted molar refractivity (Wildman–Crippen MR) is 110 cm³/mol. The number of aromatic nitrogens is 2. The quantitative estimate of drug-likeness (QED) is 0.378. The van der Waals surface area contributed by atoms with E-state index in [0.717, 1.165) is 18.2 Å². The predicted octanol–water partition coefficient (Wildman–Crippen LogP) is 1.53. The molecular formula is C19H24N4O5S. The number of carbonyl (C=O) groups excluding carboxylic acids is 3. The van der Waals surface area contributed by atoms with E-state index in [2.05, 4.69) is 24.1 Å². The van der Waals surface area contributed by atoms with Crippen molar-refractivity contribution >= 4 is 40.6 Å². The van der Waals surface area contributed by atoms with Gasteiger partial charge in [0.15, 0.2) is 11.8 Å². The van der Waals surface area contributed by atoms with Gasteiger partial charge in [0.05, 0.1) is 16.7 Å². The minimum atomic E-state index is -0.736. The lowest BCUT2D eigenvalue weighted by atomic mass is 10.1. The van der Waals surface area contributed by atoms with E-state index in [0.29, 0.717) is 28.5 Å². The highest BCUT2D eigenvalue weighted by molar-refractivity contribution is 7.99. The maximum absolute atomic E-state index is 12.9. The van der Waals surface area contributed by atoms with Crippen LogP contribution in [0.2, 0.25) is 0 Å². The van der Waals surface area contributed by atoms with Crippen molar-refractivity contribution in [3.8, 4) is 0 Å². The Hall–Kier alpha value is -2.88. The number of nitrogens with one attached hydrogen (secondary N) is 2. The van der Waals surface area contributed by atoms with Crippen LogP contribution in [-0.2, 0) is 20.9 Å². The molecule has 0 aliphatic heterocycles. The molecule has 0 fully saturated rings. The van der Waals surface area contributed by atoms with E-state index in [4.69, 9.17) is 4.74 Å². The molecule has 0 radical (unpaired) electrons. The van der Waals surface area contributed by atoms with E-state index < -0.39 is 24.5 Å². The van der Waals surface area contributed by atoms with Crippen LogP contribution in [0.3, 0.4) is 0 Å². The Kier molecular flexibility index (Phi) is 8.20. The molecule has 1 aromatic carbocycles. The minimum Gasteiger partial charge on any atom is -0.455 e. The number of ether oxygens (including phenoxy) is 1. The molecule has 2 aromatic rings. The summed E-state index contributed by atoms with van der Waals surface area (Å²) in [7, 11) is 1.36. The second-order valence-corrected chi connectivity index (χ2v) is 7.57. The Labute approximate surface area is 172 Å². The molecule has 10 heteroatoms. The van der Waals surface area contributed by atoms with Crippen LogP contribution in [0.5, 0.6) is 0 Å². The zero-order chi connectivity index (χ0) is 21.4. The van der Waals surface area contributed by atoms with Gasteiger partial charge in [-0.2, -0.15) is 0 Å². The van der Waals surface area contributed by atoms with Crippen LogP contribution >= 0.6 is 11.8 Å². The highest BCUT2D eigenvalue weighted by Crippen LogP contribution is 2.19. The van der Waals surface area contributed by atoms with E-state index in [1.807, 2.05) is 5.32 Å². The van der Waals surface area contributed by atoms with Crippen molar-refractivity contribution in [1.29, 1.82) is 0 Å². The van der Waals surface area contributed by atoms with Gasteiger partial charge < -0.3 is 10.1 Å². The van der Waals surface area contributed by atoms with Crippen LogP contribution < -0.4 is 16.2 Å². The number of hydrogen-bond acceptors (Lipinski definition) is 7. The average molecular weight is 420 g/mol. The Balaban J connectivity index is 2.08. The molecule has 2 N–H and O–H groups in total. The molecule has 0 saturated carbocycles. The standard InChI is InChI=1S/C19H24N4O5S/c1-12(2)8-9-23-17(26)13-6-4-5-7-14(13)21-19(23)29-11-16(25)28-10-15(24)22-18(27)20-3/h4-7,12H,8-11H2,1-3H3,(H2,20,22,24,27). The summed E-state index contributed by atoms with van der Waals surface area (Å²) in [4.78, 5) is 51.8. The van der Waals surface area contributed by atoms with Gasteiger partial charge in [0, 0.05) is 13.6 Å². The summed E-state index contributed by atoms with van der Waals surface area (Å²) >= 11 is 1.07. The van der Waals surface area contributed by atoms with Crippen LogP contribution in [-0.4, -0.2) is 46.9 Å². The topological polar surface area (TPSA) is 119 Å². The molecule has 1 aromatic heterocycles. The number of thioether (sulfide) groups is 1. The van der Waals surface area contributed by atoms with Crippen LogP contribution in [0.15, 0.2) is 34.2 Å². The number of fused-ring (bicyclic) bond motifs is 1. The summed E-state index contributed by atoms with van der Waals surface area (Å²) in [6.07, 6.45) is 0.789. The van der Waals surface area contributed by atoms with Crippen molar-refractivity contribution < 1.29 is 19.1 Å². The van der Waals surface area contributed by atoms with Crippen LogP contribution in [0.4, 0.5) is 4.79 Å². The summed E-state index contributed by atoms with van der Waals surface area (Å²) in [5.74, 6) is -1.12. The van der Waals surface area contributed by atoms with Gasteiger partial charge in [-0.1, -0.05) is 37.7 Å². The number of amides is 3. The molecule has 0 atom stereocenters. The van der Waals surface area contributed by atoms with Gasteiger partial charge in [-0.05, 0) is 24.5 Å². The van der Waals surface area contributed by atoms with E-state index in [-0.39, 0.29) is 11.3 Å². The van der Waals surface area contributed by atoms with Crippen molar-refractivity contribution in [2.75, 3.05) is 19.4 Å². The summed E-state index contributed by atoms with van der Waals surface area (Å²) < 4.78 is 6.43. The fourth-order valence-corrected chi connectivity index (χ4v) is 3.20. The fourth-order valence-electron chi connectivity index (χ4n) is 2.38. The third-order valence-corrected chi connectivity index (χ3v) is 4.87. The molecular weight excluding hydrogens is 396 g/mol. The van der Waals surface area contributed by atoms with E-state index in [9.17, 15) is 19.2 Å². The van der Waals surface area contributed by atoms with Gasteiger partial charge in [-0.3, -0.25) is 24.3 Å². The van der Waals surface area contributed by atoms with Gasteiger partial charge >= 0.3 is 12.0 Å². The zero-order valence-electron chi connectivity index (χ0n) is 16.6. The van der Waals surface area contributed by atoms with Crippen molar-refractivity contribution in [2.24, 2.45) is 5.92 Å². The maximum Gasteiger partial charge on any atom is 0.321 e. The molecule has 9 nitrogen and oxygen atoms in total. The Morgan fingerprint density at radius 1 is 1.24 bits per heavy atom. The van der Waals surface area contributed by atoms with Gasteiger partial charge in [0.1, 0.15) is 0 Å². The second-order valence-electron chi connectivity index (χ2n) is 6.63. The normalized spacial score (nSPS) is 10.8. The lowest BCUT2D eigenvalue weighted by Crippen LogP contribution is -2.39. The molecule has 0 aliphatic rings. The second kappa shape index (κ2) is 10.6. The maximum atomic E-state index is 12.9. The average Bonchev–Trinajstić information content (AvgIpc) is 2.69. The van der Waals surface area contributed by atoms with Crippen LogP contribution in [0.25, 0.3) is 10.9 Å². The van der Waals surface area contributed by atoms with E-state index >= 15 is 0 Å². The number of carbonyl (C=O) groups is 3. The number of esters is 1. The third kappa shape index (κ3) is 6.60. The highest BCUT2D eigenvalue weighted by Gasteiger charge is 2.15. The molecule has 3 amide bonds. The largest absolute Gasteiger partial charge is 0.455 e. The molecule has 0 saturated heterocycles. The van der Waals surface area contributed by atoms with Crippen LogP contribution in [0.1, 0.15) is 20.3 Å². The van der Waals surface area contributed by atoms with Crippen molar-refractivity contribution in [3.63, 3.8) is 0 Å². The van der Waals surface area contributed by atoms with Crippen molar-refractivity contribution in [3.05, 3.63) is 34.6 Å². The monoisotopic (exact) mass is 420 g/mol. The Morgan fingerprint density at radius 2 is 1.97 bits per heavy atom. The molecule has 1 heterocycles. The smallest absolute Gasteiger partial charge is 0.321 e. The number of benzene rings is 1. The number of nitrogens with zero attached hydrogens (tertiary/aromatic N) is 2. The minimum absolute atomic E-state index is 0.125. The number of para-hydroxylation sites is 1. The van der Waals surface area contributed by atoms with E-state index in [1.54, 1.807) is 28.8 Å². The van der Waals surface area contributed by atoms with Gasteiger partial charge in [-0.25, -0.2) is 9.78 Å². The molecule has 0 spiro atoms. The lowest BCUT2D eigenvalue weighted by Gasteiger charge is -2.14. The van der Waals surface area contributed by atoms with Crippen molar-refractivity contribution in [1.82, 2.24) is 20.2 Å². The number of urea groups is 1. The summed E-state index contributed by atoms with van der Waals surface area (Å²) in [6, 6.07) is 6.36. The van der Waals surface area contributed by atoms with Crippen molar-refractivity contribution in [2.45, 2.75) is 32.0 Å². The molecule has 0 unspecified atom stereocenters. The van der Waals surface area contributed by atoms with Gasteiger partial charge in [-0.15, -0.1) is 0 Å². The first kappa shape index (κ1) is 22.4. The first-order chi connectivity index (χ1) is 13.8. The van der Waals surface area contributed by atoms with Gasteiger partial charge in [0.2, 0.25) is 0 Å². The number of imide groups is 1. The van der Waals surface area contributed by atoms with Crippen LogP contribution in [0, 0.1) is 5.92 Å². The molecule has 0 aliphatic carbocycles. The molecule has 2 rings (SSSR count). The summed E-state index contributed by atoms with van der Waals surface area (Å²) in [5.41, 5.74) is 0.399. The van der Waals surface area contributed by atoms with E-state index in [1.165, 1.54) is 7.05 Å². The number of hydrogen-bond donors (Lipinski definition) is 2. The molecule has 29 heavy (non-hydrogen) atoms. The molecule has 156 valence electrons. The summed E-state index contributed by atoms with van der Waals surface area (Å²) in [6.45, 7) is 4.04. The molecule has 0 bridgehead atoms. The zero-order valence-corrected chi connectivity index (χ0v) is 17.4. The first-order valence-electron chi connectivity index (χ1n) is 9.11. The SMILES string of the molecule is CNC(=O)NC(=O)COC(=O)CSc1nc2ccccc2c(=O)n1CCC(C)C. The van der Waals surface area contributed by atoms with Gasteiger partial charge in [0.25, 0.3) is 11.5 Å². The summed E-state index contributed by atoms with van der Waals surface area (Å²) in [5, 5.41) is 5.15. The highest BCUT2D eigenvalue weighted by atomic mass is 32.2. The third-order valence-electron chi connectivity index (χ3n) is 3.92.